The predicted octanol–water partition coefficient (Wildman–Crippen LogP) is 5.42. The number of anilines is 1. The molecule has 0 aliphatic heterocycles. The van der Waals surface area contributed by atoms with Gasteiger partial charge in [0.05, 0.1) is 11.1 Å². The number of hydrogen-bond acceptors (Lipinski definition) is 3. The van der Waals surface area contributed by atoms with Crippen molar-refractivity contribution in [3.8, 4) is 5.75 Å². The second-order valence-corrected chi connectivity index (χ2v) is 7.55. The summed E-state index contributed by atoms with van der Waals surface area (Å²) in [5.41, 5.74) is 2.54. The summed E-state index contributed by atoms with van der Waals surface area (Å²) in [6.45, 7) is 3.09. The molecule has 0 saturated carbocycles. The molecule has 0 bridgehead atoms. The summed E-state index contributed by atoms with van der Waals surface area (Å²) in [5, 5.41) is 5.72. The maximum absolute atomic E-state index is 12.6. The molecule has 6 heteroatoms. The van der Waals surface area contributed by atoms with Crippen molar-refractivity contribution < 1.29 is 14.3 Å². The van der Waals surface area contributed by atoms with Gasteiger partial charge >= 0.3 is 0 Å². The van der Waals surface area contributed by atoms with Gasteiger partial charge in [0.15, 0.2) is 0 Å². The molecule has 0 aromatic heterocycles. The van der Waals surface area contributed by atoms with E-state index >= 15 is 0 Å². The number of halogens is 1. The Kier molecular flexibility index (Phi) is 7.63. The summed E-state index contributed by atoms with van der Waals surface area (Å²) in [5.74, 6) is 0.236. The maximum Gasteiger partial charge on any atom is 0.255 e. The molecule has 3 aromatic carbocycles. The van der Waals surface area contributed by atoms with Crippen LogP contribution in [0, 0.1) is 0 Å². The highest BCUT2D eigenvalue weighted by Gasteiger charge is 2.11. The zero-order valence-corrected chi connectivity index (χ0v) is 18.2. The number of carbonyl (C=O) groups is 2. The molecule has 0 heterocycles. The first-order chi connectivity index (χ1) is 14.6. The van der Waals surface area contributed by atoms with Gasteiger partial charge in [0.25, 0.3) is 11.8 Å². The summed E-state index contributed by atoms with van der Waals surface area (Å²) in [6, 6.07) is 21.8. The van der Waals surface area contributed by atoms with Crippen LogP contribution in [-0.4, -0.2) is 18.4 Å². The van der Waals surface area contributed by atoms with Crippen molar-refractivity contribution >= 4 is 33.4 Å². The Morgan fingerprint density at radius 2 is 1.67 bits per heavy atom. The Balaban J connectivity index is 1.63. The molecule has 0 saturated heterocycles. The zero-order valence-electron chi connectivity index (χ0n) is 16.7. The minimum Gasteiger partial charge on any atom is -0.492 e. The van der Waals surface area contributed by atoms with Crippen LogP contribution in [0.15, 0.2) is 77.3 Å². The Hall–Kier alpha value is -3.12. The van der Waals surface area contributed by atoms with E-state index < -0.39 is 0 Å². The van der Waals surface area contributed by atoms with Crippen molar-refractivity contribution in [2.75, 3.05) is 11.9 Å². The highest BCUT2D eigenvalue weighted by molar-refractivity contribution is 9.10. The lowest BCUT2D eigenvalue weighted by molar-refractivity contribution is 0.0949. The molecule has 0 aliphatic carbocycles. The molecule has 0 unspecified atom stereocenters. The van der Waals surface area contributed by atoms with Gasteiger partial charge in [-0.25, -0.2) is 0 Å². The van der Waals surface area contributed by atoms with E-state index in [1.807, 2.05) is 37.3 Å². The smallest absolute Gasteiger partial charge is 0.255 e. The van der Waals surface area contributed by atoms with E-state index in [0.29, 0.717) is 35.7 Å². The number of nitrogens with one attached hydrogen (secondary N) is 2. The van der Waals surface area contributed by atoms with Crippen LogP contribution in [0.25, 0.3) is 0 Å². The molecule has 30 heavy (non-hydrogen) atoms. The summed E-state index contributed by atoms with van der Waals surface area (Å²) in [7, 11) is 0. The van der Waals surface area contributed by atoms with E-state index in [2.05, 4.69) is 26.6 Å². The average Bonchev–Trinajstić information content (AvgIpc) is 2.77. The zero-order chi connectivity index (χ0) is 21.3. The molecule has 154 valence electrons. The van der Waals surface area contributed by atoms with Gasteiger partial charge in [0.1, 0.15) is 5.75 Å². The number of benzene rings is 3. The Bertz CT molecular complexity index is 1020. The summed E-state index contributed by atoms with van der Waals surface area (Å²) in [4.78, 5) is 25.1. The second kappa shape index (κ2) is 10.6. The largest absolute Gasteiger partial charge is 0.492 e. The Morgan fingerprint density at radius 1 is 0.900 bits per heavy atom. The number of ether oxygens (including phenoxy) is 1. The van der Waals surface area contributed by atoms with Crippen LogP contribution in [0.1, 0.15) is 39.6 Å². The first kappa shape index (κ1) is 21.6. The summed E-state index contributed by atoms with van der Waals surface area (Å²) < 4.78 is 6.33. The normalized spacial score (nSPS) is 10.3. The number of hydrogen-bond donors (Lipinski definition) is 2. The highest BCUT2D eigenvalue weighted by atomic mass is 79.9. The van der Waals surface area contributed by atoms with E-state index in [9.17, 15) is 9.59 Å². The predicted molar refractivity (Wildman–Crippen MR) is 122 cm³/mol. The average molecular weight is 467 g/mol. The molecule has 0 spiro atoms. The van der Waals surface area contributed by atoms with E-state index in [4.69, 9.17) is 4.74 Å². The second-order valence-electron chi connectivity index (χ2n) is 6.70. The van der Waals surface area contributed by atoms with Crippen molar-refractivity contribution in [1.29, 1.82) is 0 Å². The fraction of sp³-hybridized carbons (Fsp3) is 0.167. The highest BCUT2D eigenvalue weighted by Crippen LogP contribution is 2.26. The molecule has 0 aliphatic rings. The third-order valence-electron chi connectivity index (χ3n) is 4.33. The van der Waals surface area contributed by atoms with Crippen molar-refractivity contribution in [2.24, 2.45) is 0 Å². The fourth-order valence-corrected chi connectivity index (χ4v) is 3.29. The van der Waals surface area contributed by atoms with Crippen molar-refractivity contribution in [1.82, 2.24) is 5.32 Å². The quantitative estimate of drug-likeness (QED) is 0.465. The monoisotopic (exact) mass is 466 g/mol. The van der Waals surface area contributed by atoms with Gasteiger partial charge in [-0.15, -0.1) is 0 Å². The Morgan fingerprint density at radius 3 is 2.40 bits per heavy atom. The lowest BCUT2D eigenvalue weighted by Crippen LogP contribution is -2.23. The van der Waals surface area contributed by atoms with Crippen LogP contribution in [0.4, 0.5) is 5.69 Å². The molecular weight excluding hydrogens is 444 g/mol. The molecule has 0 atom stereocenters. The first-order valence-corrected chi connectivity index (χ1v) is 10.5. The summed E-state index contributed by atoms with van der Waals surface area (Å²) >= 11 is 3.44. The maximum atomic E-state index is 12.6. The number of amides is 2. The van der Waals surface area contributed by atoms with Crippen LogP contribution in [0.3, 0.4) is 0 Å². The molecule has 5 nitrogen and oxygen atoms in total. The van der Waals surface area contributed by atoms with Crippen LogP contribution in [0.5, 0.6) is 5.75 Å². The first-order valence-electron chi connectivity index (χ1n) is 9.72. The molecule has 3 aromatic rings. The molecule has 0 fully saturated rings. The fourth-order valence-electron chi connectivity index (χ4n) is 2.79. The third kappa shape index (κ3) is 5.94. The Labute approximate surface area is 184 Å². The van der Waals surface area contributed by atoms with Crippen molar-refractivity contribution in [3.05, 3.63) is 94.0 Å². The number of rotatable bonds is 8. The van der Waals surface area contributed by atoms with E-state index in [-0.39, 0.29) is 11.8 Å². The summed E-state index contributed by atoms with van der Waals surface area (Å²) in [6.07, 6.45) is 0.907. The molecule has 3 rings (SSSR count). The minimum atomic E-state index is -0.264. The van der Waals surface area contributed by atoms with Gasteiger partial charge in [0.2, 0.25) is 0 Å². The van der Waals surface area contributed by atoms with E-state index in [1.165, 1.54) is 0 Å². The lowest BCUT2D eigenvalue weighted by Gasteiger charge is -2.10. The van der Waals surface area contributed by atoms with Gasteiger partial charge < -0.3 is 15.4 Å². The van der Waals surface area contributed by atoms with Gasteiger partial charge in [-0.05, 0) is 64.3 Å². The van der Waals surface area contributed by atoms with Crippen LogP contribution in [-0.2, 0) is 6.54 Å². The van der Waals surface area contributed by atoms with Crippen LogP contribution in [0.2, 0.25) is 0 Å². The molecule has 2 amide bonds. The number of carbonyl (C=O) groups excluding carboxylic acids is 2. The van der Waals surface area contributed by atoms with Gasteiger partial charge in [-0.2, -0.15) is 0 Å². The topological polar surface area (TPSA) is 67.4 Å². The van der Waals surface area contributed by atoms with Gasteiger partial charge in [-0.1, -0.05) is 43.3 Å². The van der Waals surface area contributed by atoms with Crippen molar-refractivity contribution in [3.63, 3.8) is 0 Å². The van der Waals surface area contributed by atoms with E-state index in [1.54, 1.807) is 42.5 Å². The SMILES string of the molecule is CCCOc1ccc(C(=O)Nc2cccc(C(=O)NCc3ccccc3)c2)cc1Br. The van der Waals surface area contributed by atoms with Gasteiger partial charge in [0, 0.05) is 23.4 Å². The lowest BCUT2D eigenvalue weighted by atomic mass is 10.1. The van der Waals surface area contributed by atoms with E-state index in [0.717, 1.165) is 16.5 Å². The van der Waals surface area contributed by atoms with Crippen LogP contribution >= 0.6 is 15.9 Å². The van der Waals surface area contributed by atoms with Gasteiger partial charge in [-0.3, -0.25) is 9.59 Å². The van der Waals surface area contributed by atoms with Crippen molar-refractivity contribution in [2.45, 2.75) is 19.9 Å². The molecular formula is C24H23BrN2O3. The minimum absolute atomic E-state index is 0.199. The molecule has 0 radical (unpaired) electrons. The van der Waals surface area contributed by atoms with Crippen LogP contribution < -0.4 is 15.4 Å². The third-order valence-corrected chi connectivity index (χ3v) is 4.95. The molecule has 2 N–H and O–H groups in total. The standard InChI is InChI=1S/C24H23BrN2O3/c1-2-13-30-22-12-11-19(15-21(22)25)24(29)27-20-10-6-9-18(14-20)23(28)26-16-17-7-4-3-5-8-17/h3-12,14-15H,2,13,16H2,1H3,(H,26,28)(H,27,29).